The molecule has 152 valence electrons. The number of benzene rings is 3. The van der Waals surface area contributed by atoms with Gasteiger partial charge in [-0.3, -0.25) is 14.9 Å². The summed E-state index contributed by atoms with van der Waals surface area (Å²) in [7, 11) is 0. The van der Waals surface area contributed by atoms with Gasteiger partial charge in [0, 0.05) is 18.2 Å². The van der Waals surface area contributed by atoms with E-state index in [1.165, 1.54) is 36.4 Å². The summed E-state index contributed by atoms with van der Waals surface area (Å²) < 4.78 is 10.9. The first-order chi connectivity index (χ1) is 15.0. The molecular weight excluding hydrogens is 398 g/mol. The van der Waals surface area contributed by atoms with E-state index >= 15 is 0 Å². The van der Waals surface area contributed by atoms with E-state index < -0.39 is 10.9 Å². The van der Waals surface area contributed by atoms with Gasteiger partial charge in [-0.1, -0.05) is 48.6 Å². The lowest BCUT2D eigenvalue weighted by Gasteiger charge is -2.05. The molecule has 0 saturated carbocycles. The van der Waals surface area contributed by atoms with Crippen LogP contribution in [-0.4, -0.2) is 16.7 Å². The molecule has 4 rings (SSSR count). The van der Waals surface area contributed by atoms with Crippen molar-refractivity contribution in [2.24, 2.45) is 0 Å². The van der Waals surface area contributed by atoms with Gasteiger partial charge in [-0.15, -0.1) is 0 Å². The van der Waals surface area contributed by atoms with E-state index in [0.29, 0.717) is 5.56 Å². The Morgan fingerprint density at radius 3 is 2.58 bits per heavy atom. The largest absolute Gasteiger partial charge is 0.452 e. The molecule has 3 aromatic carbocycles. The van der Waals surface area contributed by atoms with Crippen LogP contribution in [0.25, 0.3) is 6.08 Å². The minimum atomic E-state index is -0.755. The van der Waals surface area contributed by atoms with Crippen LogP contribution in [-0.2, 0) is 0 Å². The van der Waals surface area contributed by atoms with E-state index in [0.717, 1.165) is 11.6 Å². The van der Waals surface area contributed by atoms with Crippen molar-refractivity contribution >= 4 is 23.5 Å². The Labute approximate surface area is 177 Å². The lowest BCUT2D eigenvalue weighted by Crippen LogP contribution is -2.08. The molecule has 1 aliphatic heterocycles. The van der Waals surface area contributed by atoms with Gasteiger partial charge in [-0.25, -0.2) is 4.79 Å². The zero-order valence-electron chi connectivity index (χ0n) is 16.1. The Morgan fingerprint density at radius 1 is 1.00 bits per heavy atom. The van der Waals surface area contributed by atoms with Gasteiger partial charge in [0.15, 0.2) is 5.76 Å². The second-order valence-corrected chi connectivity index (χ2v) is 6.59. The maximum Gasteiger partial charge on any atom is 0.343 e. The average molecular weight is 413 g/mol. The highest BCUT2D eigenvalue weighted by molar-refractivity contribution is 6.12. The summed E-state index contributed by atoms with van der Waals surface area (Å²) in [6.07, 6.45) is 5.14. The third-order valence-electron chi connectivity index (χ3n) is 4.48. The molecule has 0 bridgehead atoms. The maximum atomic E-state index is 12.5. The van der Waals surface area contributed by atoms with Gasteiger partial charge >= 0.3 is 5.97 Å². The maximum absolute atomic E-state index is 12.5. The smallest absolute Gasteiger partial charge is 0.343 e. The molecule has 1 heterocycles. The number of ketones is 1. The Bertz CT molecular complexity index is 1240. The molecular formula is C24H15NO6. The van der Waals surface area contributed by atoms with Crippen molar-refractivity contribution in [1.82, 2.24) is 0 Å². The van der Waals surface area contributed by atoms with Gasteiger partial charge in [-0.05, 0) is 29.8 Å². The van der Waals surface area contributed by atoms with Crippen LogP contribution in [0, 0.1) is 10.1 Å². The van der Waals surface area contributed by atoms with Gasteiger partial charge < -0.3 is 9.47 Å². The predicted molar refractivity (Wildman–Crippen MR) is 113 cm³/mol. The molecule has 3 aromatic rings. The van der Waals surface area contributed by atoms with Crippen molar-refractivity contribution < 1.29 is 24.0 Å². The van der Waals surface area contributed by atoms with E-state index in [4.69, 9.17) is 9.47 Å². The number of ether oxygens (including phenoxy) is 2. The molecule has 0 radical (unpaired) electrons. The number of nitro groups is 1. The Balaban J connectivity index is 1.49. The van der Waals surface area contributed by atoms with Crippen molar-refractivity contribution in [2.45, 2.75) is 0 Å². The van der Waals surface area contributed by atoms with Crippen LogP contribution in [0.5, 0.6) is 11.5 Å². The number of rotatable bonds is 5. The normalized spacial score (nSPS) is 13.8. The predicted octanol–water partition coefficient (Wildman–Crippen LogP) is 4.99. The lowest BCUT2D eigenvalue weighted by atomic mass is 10.1. The van der Waals surface area contributed by atoms with Gasteiger partial charge in [0.25, 0.3) is 5.69 Å². The molecule has 0 aliphatic carbocycles. The Kier molecular flexibility index (Phi) is 5.40. The topological polar surface area (TPSA) is 95.7 Å². The molecule has 7 nitrogen and oxygen atoms in total. The summed E-state index contributed by atoms with van der Waals surface area (Å²) in [5, 5.41) is 10.9. The van der Waals surface area contributed by atoms with E-state index in [9.17, 15) is 19.7 Å². The zero-order chi connectivity index (χ0) is 21.8. The fourth-order valence-corrected chi connectivity index (χ4v) is 2.97. The minimum absolute atomic E-state index is 0.0401. The molecule has 0 unspecified atom stereocenters. The number of non-ortho nitro benzene ring substituents is 1. The Morgan fingerprint density at radius 2 is 1.81 bits per heavy atom. The molecule has 0 N–H and O–H groups in total. The highest BCUT2D eigenvalue weighted by Gasteiger charge is 2.27. The van der Waals surface area contributed by atoms with Gasteiger partial charge in [0.2, 0.25) is 5.78 Å². The summed E-state index contributed by atoms with van der Waals surface area (Å²) in [4.78, 5) is 35.1. The highest BCUT2D eigenvalue weighted by atomic mass is 16.6. The van der Waals surface area contributed by atoms with Crippen LogP contribution in [0.2, 0.25) is 0 Å². The molecule has 0 aromatic heterocycles. The number of hydrogen-bond donors (Lipinski definition) is 0. The third kappa shape index (κ3) is 4.40. The fraction of sp³-hybridized carbons (Fsp3) is 0. The zero-order valence-corrected chi connectivity index (χ0v) is 16.1. The first kappa shape index (κ1) is 19.8. The van der Waals surface area contributed by atoms with Crippen LogP contribution in [0.3, 0.4) is 0 Å². The number of allylic oxidation sites excluding steroid dienone is 3. The first-order valence-electron chi connectivity index (χ1n) is 9.28. The SMILES string of the molecule is O=C(Oc1ccc2c(c1)O/C(=C\C=C\c1ccccc1)C2=O)c1cccc([N+](=O)[O-])c1. The molecule has 0 atom stereocenters. The molecule has 0 saturated heterocycles. The second-order valence-electron chi connectivity index (χ2n) is 6.59. The second kappa shape index (κ2) is 8.46. The van der Waals surface area contributed by atoms with Gasteiger partial charge in [0.1, 0.15) is 11.5 Å². The summed E-state index contributed by atoms with van der Waals surface area (Å²) >= 11 is 0. The van der Waals surface area contributed by atoms with Crippen LogP contribution in [0.15, 0.2) is 90.7 Å². The van der Waals surface area contributed by atoms with Crippen molar-refractivity contribution in [3.8, 4) is 11.5 Å². The number of nitrogens with zero attached hydrogens (tertiary/aromatic N) is 1. The molecule has 31 heavy (non-hydrogen) atoms. The average Bonchev–Trinajstić information content (AvgIpc) is 3.09. The van der Waals surface area contributed by atoms with Crippen molar-refractivity contribution in [1.29, 1.82) is 0 Å². The highest BCUT2D eigenvalue weighted by Crippen LogP contribution is 2.34. The quantitative estimate of drug-likeness (QED) is 0.192. The number of esters is 1. The third-order valence-corrected chi connectivity index (χ3v) is 4.48. The number of Topliss-reactive ketones (excluding diaryl/α,β-unsaturated/α-hetero) is 1. The molecule has 0 fully saturated rings. The van der Waals surface area contributed by atoms with E-state index in [-0.39, 0.29) is 34.3 Å². The molecule has 7 heteroatoms. The summed E-state index contributed by atoms with van der Waals surface area (Å²) in [6, 6.07) is 19.3. The van der Waals surface area contributed by atoms with Crippen LogP contribution in [0.1, 0.15) is 26.3 Å². The summed E-state index contributed by atoms with van der Waals surface area (Å²) in [5.74, 6) is -0.444. The van der Waals surface area contributed by atoms with Crippen LogP contribution in [0.4, 0.5) is 5.69 Å². The molecule has 0 amide bonds. The van der Waals surface area contributed by atoms with E-state index in [1.54, 1.807) is 12.2 Å². The first-order valence-corrected chi connectivity index (χ1v) is 9.28. The number of hydrogen-bond acceptors (Lipinski definition) is 6. The molecule has 0 spiro atoms. The summed E-state index contributed by atoms with van der Waals surface area (Å²) in [6.45, 7) is 0. The summed E-state index contributed by atoms with van der Waals surface area (Å²) in [5.41, 5.74) is 1.17. The number of carbonyl (C=O) groups is 2. The van der Waals surface area contributed by atoms with Crippen molar-refractivity contribution in [3.05, 3.63) is 118 Å². The number of nitro benzene ring substituents is 1. The lowest BCUT2D eigenvalue weighted by molar-refractivity contribution is -0.384. The number of fused-ring (bicyclic) bond motifs is 1. The number of carbonyl (C=O) groups excluding carboxylic acids is 2. The van der Waals surface area contributed by atoms with E-state index in [1.807, 2.05) is 36.4 Å². The van der Waals surface area contributed by atoms with Gasteiger partial charge in [-0.2, -0.15) is 0 Å². The van der Waals surface area contributed by atoms with Crippen LogP contribution < -0.4 is 9.47 Å². The van der Waals surface area contributed by atoms with Crippen molar-refractivity contribution in [3.63, 3.8) is 0 Å². The molecule has 1 aliphatic rings. The fourth-order valence-electron chi connectivity index (χ4n) is 2.97. The Hall–Kier alpha value is -4.52. The van der Waals surface area contributed by atoms with Crippen LogP contribution >= 0.6 is 0 Å². The monoisotopic (exact) mass is 413 g/mol. The van der Waals surface area contributed by atoms with E-state index in [2.05, 4.69) is 0 Å². The van der Waals surface area contributed by atoms with Crippen molar-refractivity contribution in [2.75, 3.05) is 0 Å². The standard InChI is InChI=1S/C24H15NO6/c26-23-20-13-12-19(30-24(27)17-9-5-10-18(14-17)25(28)29)15-22(20)31-21(23)11-4-8-16-6-2-1-3-7-16/h1-15H/b8-4+,21-11-. The minimum Gasteiger partial charge on any atom is -0.452 e. The van der Waals surface area contributed by atoms with Gasteiger partial charge in [0.05, 0.1) is 16.1 Å².